The lowest BCUT2D eigenvalue weighted by Crippen LogP contribution is -2.07. The van der Waals surface area contributed by atoms with Crippen molar-refractivity contribution < 1.29 is 9.53 Å². The van der Waals surface area contributed by atoms with Crippen LogP contribution < -0.4 is 10.1 Å². The number of rotatable bonds is 5. The molecule has 2 rings (SSSR count). The third-order valence-electron chi connectivity index (χ3n) is 2.51. The molecule has 1 aromatic carbocycles. The normalized spacial score (nSPS) is 11.0. The Labute approximate surface area is 128 Å². The highest BCUT2D eigenvalue weighted by molar-refractivity contribution is 7.13. The highest BCUT2D eigenvalue weighted by atomic mass is 32.1. The van der Waals surface area contributed by atoms with E-state index in [1.54, 1.807) is 6.08 Å². The van der Waals surface area contributed by atoms with Crippen molar-refractivity contribution in [3.8, 4) is 5.75 Å². The Kier molecular flexibility index (Phi) is 5.11. The van der Waals surface area contributed by atoms with Crippen LogP contribution in [0.1, 0.15) is 25.1 Å². The molecule has 4 nitrogen and oxygen atoms in total. The largest absolute Gasteiger partial charge is 0.491 e. The van der Waals surface area contributed by atoms with Gasteiger partial charge in [-0.2, -0.15) is 0 Å². The maximum atomic E-state index is 11.8. The van der Waals surface area contributed by atoms with Gasteiger partial charge in [-0.3, -0.25) is 10.1 Å². The van der Waals surface area contributed by atoms with Gasteiger partial charge in [0.1, 0.15) is 5.75 Å². The molecule has 1 N–H and O–H groups in total. The number of ether oxygens (including phenoxy) is 1. The minimum absolute atomic E-state index is 0.126. The summed E-state index contributed by atoms with van der Waals surface area (Å²) < 4.78 is 5.62. The van der Waals surface area contributed by atoms with Crippen LogP contribution in [0, 0.1) is 6.92 Å². The van der Waals surface area contributed by atoms with Gasteiger partial charge in [0.15, 0.2) is 5.13 Å². The SMILES string of the molecule is Cc1csc(NC(=O)/C=C/c2cccc(OC(C)C)c2)n1. The van der Waals surface area contributed by atoms with Crippen LogP contribution in [0.15, 0.2) is 35.7 Å². The zero-order chi connectivity index (χ0) is 15.2. The van der Waals surface area contributed by atoms with E-state index in [0.29, 0.717) is 5.13 Å². The monoisotopic (exact) mass is 302 g/mol. The quantitative estimate of drug-likeness (QED) is 0.852. The Morgan fingerprint density at radius 2 is 2.24 bits per heavy atom. The van der Waals surface area contributed by atoms with E-state index in [4.69, 9.17) is 4.74 Å². The average Bonchev–Trinajstić information content (AvgIpc) is 2.81. The number of hydrogen-bond acceptors (Lipinski definition) is 4. The Bertz CT molecular complexity index is 647. The van der Waals surface area contributed by atoms with E-state index in [0.717, 1.165) is 17.0 Å². The van der Waals surface area contributed by atoms with E-state index in [-0.39, 0.29) is 12.0 Å². The second kappa shape index (κ2) is 7.04. The van der Waals surface area contributed by atoms with Crippen LogP contribution in [0.5, 0.6) is 5.75 Å². The summed E-state index contributed by atoms with van der Waals surface area (Å²) in [6.07, 6.45) is 3.37. The minimum Gasteiger partial charge on any atom is -0.491 e. The van der Waals surface area contributed by atoms with Gasteiger partial charge in [0.2, 0.25) is 5.91 Å². The number of carbonyl (C=O) groups is 1. The fourth-order valence-electron chi connectivity index (χ4n) is 1.69. The molecule has 0 saturated carbocycles. The Balaban J connectivity index is 1.98. The molecule has 0 aliphatic rings. The summed E-state index contributed by atoms with van der Waals surface area (Å²) in [6, 6.07) is 7.62. The van der Waals surface area contributed by atoms with Gasteiger partial charge in [0.25, 0.3) is 0 Å². The van der Waals surface area contributed by atoms with Crippen LogP contribution in [0.25, 0.3) is 6.08 Å². The van der Waals surface area contributed by atoms with E-state index in [1.807, 2.05) is 50.4 Å². The fourth-order valence-corrected chi connectivity index (χ4v) is 2.39. The summed E-state index contributed by atoms with van der Waals surface area (Å²) in [7, 11) is 0. The molecule has 0 unspecified atom stereocenters. The molecule has 0 aliphatic heterocycles. The first-order valence-corrected chi connectivity index (χ1v) is 7.59. The maximum absolute atomic E-state index is 11.8. The predicted octanol–water partition coefficient (Wildman–Crippen LogP) is 3.89. The van der Waals surface area contributed by atoms with Gasteiger partial charge >= 0.3 is 0 Å². The van der Waals surface area contributed by atoms with E-state index in [9.17, 15) is 4.79 Å². The summed E-state index contributed by atoms with van der Waals surface area (Å²) >= 11 is 1.41. The van der Waals surface area contributed by atoms with Crippen LogP contribution in [-0.4, -0.2) is 17.0 Å². The van der Waals surface area contributed by atoms with Gasteiger partial charge in [0, 0.05) is 11.5 Å². The van der Waals surface area contributed by atoms with Crippen molar-refractivity contribution in [3.05, 3.63) is 47.0 Å². The van der Waals surface area contributed by atoms with Crippen LogP contribution >= 0.6 is 11.3 Å². The van der Waals surface area contributed by atoms with Crippen molar-refractivity contribution in [3.63, 3.8) is 0 Å². The van der Waals surface area contributed by atoms with Crippen LogP contribution in [0.4, 0.5) is 5.13 Å². The summed E-state index contributed by atoms with van der Waals surface area (Å²) in [5.41, 5.74) is 1.82. The molecule has 0 aliphatic carbocycles. The third-order valence-corrected chi connectivity index (χ3v) is 3.38. The number of benzene rings is 1. The lowest BCUT2D eigenvalue weighted by Gasteiger charge is -2.09. The van der Waals surface area contributed by atoms with Gasteiger partial charge in [-0.1, -0.05) is 12.1 Å². The third kappa shape index (κ3) is 5.04. The summed E-state index contributed by atoms with van der Waals surface area (Å²) in [6.45, 7) is 5.85. The van der Waals surface area contributed by atoms with Crippen molar-refractivity contribution in [2.45, 2.75) is 26.9 Å². The molecular weight excluding hydrogens is 284 g/mol. The first kappa shape index (κ1) is 15.3. The number of thiazole rings is 1. The Morgan fingerprint density at radius 3 is 2.90 bits per heavy atom. The van der Waals surface area contributed by atoms with Gasteiger partial charge < -0.3 is 4.74 Å². The molecule has 0 saturated heterocycles. The van der Waals surface area contributed by atoms with Gasteiger partial charge in [-0.05, 0) is 44.5 Å². The maximum Gasteiger partial charge on any atom is 0.250 e. The van der Waals surface area contributed by atoms with Gasteiger partial charge in [0.05, 0.1) is 11.8 Å². The molecule has 0 fully saturated rings. The zero-order valence-corrected chi connectivity index (χ0v) is 13.1. The summed E-state index contributed by atoms with van der Waals surface area (Å²) in [5.74, 6) is 0.600. The topological polar surface area (TPSA) is 51.2 Å². The number of nitrogens with zero attached hydrogens (tertiary/aromatic N) is 1. The number of aryl methyl sites for hydroxylation is 1. The van der Waals surface area contributed by atoms with Crippen molar-refractivity contribution in [2.75, 3.05) is 5.32 Å². The standard InChI is InChI=1S/C16H18N2O2S/c1-11(2)20-14-6-4-5-13(9-14)7-8-15(19)18-16-17-12(3)10-21-16/h4-11H,1-3H3,(H,17,18,19)/b8-7+. The lowest BCUT2D eigenvalue weighted by molar-refractivity contribution is -0.111. The van der Waals surface area contributed by atoms with Gasteiger partial charge in [-0.15, -0.1) is 11.3 Å². The van der Waals surface area contributed by atoms with Crippen LogP contribution in [0.2, 0.25) is 0 Å². The molecule has 0 radical (unpaired) electrons. The summed E-state index contributed by atoms with van der Waals surface area (Å²) in [5, 5.41) is 5.24. The van der Waals surface area contributed by atoms with E-state index >= 15 is 0 Å². The van der Waals surface area contributed by atoms with Crippen molar-refractivity contribution in [1.82, 2.24) is 4.98 Å². The number of nitrogens with one attached hydrogen (secondary N) is 1. The molecule has 2 aromatic rings. The smallest absolute Gasteiger partial charge is 0.250 e. The molecule has 0 atom stereocenters. The molecule has 0 spiro atoms. The number of amides is 1. The Hall–Kier alpha value is -2.14. The molecule has 110 valence electrons. The highest BCUT2D eigenvalue weighted by Crippen LogP contribution is 2.17. The van der Waals surface area contributed by atoms with E-state index in [2.05, 4.69) is 10.3 Å². The molecule has 1 aromatic heterocycles. The minimum atomic E-state index is -0.195. The van der Waals surface area contributed by atoms with Crippen molar-refractivity contribution >= 4 is 28.5 Å². The van der Waals surface area contributed by atoms with E-state index < -0.39 is 0 Å². The number of aromatic nitrogens is 1. The number of anilines is 1. The molecule has 5 heteroatoms. The first-order valence-electron chi connectivity index (χ1n) is 6.71. The van der Waals surface area contributed by atoms with Crippen molar-refractivity contribution in [1.29, 1.82) is 0 Å². The van der Waals surface area contributed by atoms with Crippen LogP contribution in [-0.2, 0) is 4.79 Å². The zero-order valence-electron chi connectivity index (χ0n) is 12.3. The van der Waals surface area contributed by atoms with Gasteiger partial charge in [-0.25, -0.2) is 4.98 Å². The van der Waals surface area contributed by atoms with Crippen LogP contribution in [0.3, 0.4) is 0 Å². The highest BCUT2D eigenvalue weighted by Gasteiger charge is 2.02. The Morgan fingerprint density at radius 1 is 1.43 bits per heavy atom. The number of hydrogen-bond donors (Lipinski definition) is 1. The van der Waals surface area contributed by atoms with Crippen molar-refractivity contribution in [2.24, 2.45) is 0 Å². The summed E-state index contributed by atoms with van der Waals surface area (Å²) in [4.78, 5) is 16.0. The molecule has 21 heavy (non-hydrogen) atoms. The second-order valence-corrected chi connectivity index (χ2v) is 5.71. The number of carbonyl (C=O) groups excluding carboxylic acids is 1. The second-order valence-electron chi connectivity index (χ2n) is 4.86. The predicted molar refractivity (Wildman–Crippen MR) is 86.7 cm³/mol. The van der Waals surface area contributed by atoms with E-state index in [1.165, 1.54) is 17.4 Å². The molecule has 0 bridgehead atoms. The molecule has 1 heterocycles. The fraction of sp³-hybridized carbons (Fsp3) is 0.250. The lowest BCUT2D eigenvalue weighted by atomic mass is 10.2. The molecular formula is C16H18N2O2S. The first-order chi connectivity index (χ1) is 10.0. The average molecular weight is 302 g/mol. The molecule has 1 amide bonds.